The molecular formula is C11H11N3O4. The highest BCUT2D eigenvalue weighted by Crippen LogP contribution is 2.32. The van der Waals surface area contributed by atoms with Crippen molar-refractivity contribution in [3.8, 4) is 11.5 Å². The Labute approximate surface area is 103 Å². The number of benzene rings is 1. The Morgan fingerprint density at radius 2 is 2.17 bits per heavy atom. The van der Waals surface area contributed by atoms with E-state index in [0.29, 0.717) is 17.1 Å². The molecule has 7 heteroatoms. The number of hydrogen-bond donors (Lipinski definition) is 1. The van der Waals surface area contributed by atoms with E-state index in [2.05, 4.69) is 10.0 Å². The lowest BCUT2D eigenvalue weighted by atomic mass is 10.1. The molecule has 0 spiro atoms. The largest absolute Gasteiger partial charge is 0.493 e. The van der Waals surface area contributed by atoms with Gasteiger partial charge >= 0.3 is 5.97 Å². The van der Waals surface area contributed by atoms with E-state index in [0.717, 1.165) is 0 Å². The Hall–Kier alpha value is -2.66. The molecule has 0 heterocycles. The molecule has 1 aromatic rings. The Morgan fingerprint density at radius 1 is 1.44 bits per heavy atom. The lowest BCUT2D eigenvalue weighted by Crippen LogP contribution is -1.98. The van der Waals surface area contributed by atoms with Crippen LogP contribution in [0.2, 0.25) is 0 Å². The van der Waals surface area contributed by atoms with Crippen molar-refractivity contribution in [1.29, 1.82) is 0 Å². The van der Waals surface area contributed by atoms with E-state index in [-0.39, 0.29) is 0 Å². The molecule has 0 amide bonds. The fourth-order valence-corrected chi connectivity index (χ4v) is 1.35. The fourth-order valence-electron chi connectivity index (χ4n) is 1.35. The summed E-state index contributed by atoms with van der Waals surface area (Å²) in [6.07, 6.45) is 1.21. The molecule has 0 unspecified atom stereocenters. The van der Waals surface area contributed by atoms with E-state index in [1.807, 2.05) is 0 Å². The van der Waals surface area contributed by atoms with E-state index in [9.17, 15) is 4.79 Å². The molecule has 0 fully saturated rings. The van der Waals surface area contributed by atoms with E-state index < -0.39 is 11.7 Å². The first-order chi connectivity index (χ1) is 8.63. The maximum atomic E-state index is 10.8. The number of para-hydroxylation sites is 1. The van der Waals surface area contributed by atoms with E-state index in [1.165, 1.54) is 20.3 Å². The summed E-state index contributed by atoms with van der Waals surface area (Å²) < 4.78 is 10.2. The number of rotatable bonds is 5. The third kappa shape index (κ3) is 2.93. The molecule has 0 bridgehead atoms. The number of azide groups is 1. The molecule has 1 rings (SSSR count). The molecule has 0 aliphatic heterocycles. The van der Waals surface area contributed by atoms with Gasteiger partial charge < -0.3 is 14.6 Å². The molecule has 1 aromatic carbocycles. The van der Waals surface area contributed by atoms with Crippen molar-refractivity contribution in [3.63, 3.8) is 0 Å². The predicted molar refractivity (Wildman–Crippen MR) is 64.3 cm³/mol. The van der Waals surface area contributed by atoms with Gasteiger partial charge in [0.25, 0.3) is 0 Å². The number of hydrogen-bond acceptors (Lipinski definition) is 4. The molecule has 1 N–H and O–H groups in total. The van der Waals surface area contributed by atoms with Crippen LogP contribution in [0.15, 0.2) is 29.0 Å². The highest BCUT2D eigenvalue weighted by Gasteiger charge is 2.11. The first-order valence-electron chi connectivity index (χ1n) is 4.85. The third-order valence-corrected chi connectivity index (χ3v) is 2.10. The predicted octanol–water partition coefficient (Wildman–Crippen LogP) is 2.44. The molecule has 0 aliphatic carbocycles. The van der Waals surface area contributed by atoms with Gasteiger partial charge in [-0.3, -0.25) is 0 Å². The zero-order valence-electron chi connectivity index (χ0n) is 9.82. The number of methoxy groups -OCH3 is 2. The topological polar surface area (TPSA) is 105 Å². The summed E-state index contributed by atoms with van der Waals surface area (Å²) in [7, 11) is 2.90. The minimum atomic E-state index is -1.32. The summed E-state index contributed by atoms with van der Waals surface area (Å²) in [4.78, 5) is 13.3. The van der Waals surface area contributed by atoms with E-state index >= 15 is 0 Å². The molecule has 94 valence electrons. The first kappa shape index (κ1) is 13.4. The van der Waals surface area contributed by atoms with Crippen molar-refractivity contribution < 1.29 is 19.4 Å². The number of carbonyl (C=O) groups is 1. The van der Waals surface area contributed by atoms with Gasteiger partial charge in [0.15, 0.2) is 11.5 Å². The number of ether oxygens (including phenoxy) is 2. The second-order valence-electron chi connectivity index (χ2n) is 3.11. The molecule has 0 saturated heterocycles. The Bertz CT molecular complexity index is 529. The van der Waals surface area contributed by atoms with Crippen LogP contribution in [0.1, 0.15) is 5.56 Å². The normalized spacial score (nSPS) is 10.4. The Morgan fingerprint density at radius 3 is 2.67 bits per heavy atom. The van der Waals surface area contributed by atoms with Crippen molar-refractivity contribution in [1.82, 2.24) is 0 Å². The minimum Gasteiger partial charge on any atom is -0.493 e. The molecule has 0 aliphatic rings. The SMILES string of the molecule is COc1cccc(C=C(N=[N+]=[N-])C(=O)O)c1OC. The van der Waals surface area contributed by atoms with Crippen molar-refractivity contribution in [2.75, 3.05) is 14.2 Å². The number of carboxylic acids is 1. The zero-order chi connectivity index (χ0) is 13.5. The van der Waals surface area contributed by atoms with Crippen LogP contribution in [-0.2, 0) is 4.79 Å². The van der Waals surface area contributed by atoms with Crippen LogP contribution >= 0.6 is 0 Å². The standard InChI is InChI=1S/C11H11N3O4/c1-17-9-5-3-4-7(10(9)18-2)6-8(11(15)16)13-14-12/h3-6H,1-2H3,(H,15,16). The summed E-state index contributed by atoms with van der Waals surface area (Å²) in [6, 6.07) is 4.96. The van der Waals surface area contributed by atoms with Crippen molar-refractivity contribution in [2.45, 2.75) is 0 Å². The third-order valence-electron chi connectivity index (χ3n) is 2.10. The van der Waals surface area contributed by atoms with Crippen molar-refractivity contribution in [2.24, 2.45) is 5.11 Å². The zero-order valence-corrected chi connectivity index (χ0v) is 9.82. The second-order valence-corrected chi connectivity index (χ2v) is 3.11. The van der Waals surface area contributed by atoms with Gasteiger partial charge in [-0.2, -0.15) is 0 Å². The minimum absolute atomic E-state index is 0.367. The fraction of sp³-hybridized carbons (Fsp3) is 0.182. The van der Waals surface area contributed by atoms with Gasteiger partial charge in [0.1, 0.15) is 5.70 Å². The van der Waals surface area contributed by atoms with Gasteiger partial charge in [-0.05, 0) is 17.7 Å². The van der Waals surface area contributed by atoms with Gasteiger partial charge in [0.05, 0.1) is 14.2 Å². The van der Waals surface area contributed by atoms with Gasteiger partial charge in [-0.1, -0.05) is 17.2 Å². The molecule has 7 nitrogen and oxygen atoms in total. The molecule has 0 aromatic heterocycles. The van der Waals surface area contributed by atoms with Gasteiger partial charge in [-0.25, -0.2) is 4.79 Å². The molecule has 0 radical (unpaired) electrons. The van der Waals surface area contributed by atoms with Crippen LogP contribution in [0.4, 0.5) is 0 Å². The number of aliphatic carboxylic acids is 1. The summed E-state index contributed by atoms with van der Waals surface area (Å²) in [6.45, 7) is 0. The van der Waals surface area contributed by atoms with Gasteiger partial charge in [-0.15, -0.1) is 0 Å². The second kappa shape index (κ2) is 6.17. The highest BCUT2D eigenvalue weighted by molar-refractivity contribution is 5.92. The first-order valence-corrected chi connectivity index (χ1v) is 4.85. The maximum Gasteiger partial charge on any atom is 0.338 e. The van der Waals surface area contributed by atoms with Crippen molar-refractivity contribution >= 4 is 12.0 Å². The Balaban J connectivity index is 3.36. The summed E-state index contributed by atoms with van der Waals surface area (Å²) in [5.74, 6) is -0.499. The van der Waals surface area contributed by atoms with Crippen LogP contribution in [0, 0.1) is 0 Å². The lowest BCUT2D eigenvalue weighted by molar-refractivity contribution is -0.132. The van der Waals surface area contributed by atoms with E-state index in [4.69, 9.17) is 20.1 Å². The average molecular weight is 249 g/mol. The molecular weight excluding hydrogens is 238 g/mol. The smallest absolute Gasteiger partial charge is 0.338 e. The monoisotopic (exact) mass is 249 g/mol. The van der Waals surface area contributed by atoms with Crippen LogP contribution in [-0.4, -0.2) is 25.3 Å². The van der Waals surface area contributed by atoms with E-state index in [1.54, 1.807) is 18.2 Å². The summed E-state index contributed by atoms with van der Waals surface area (Å²) in [5, 5.41) is 11.9. The molecule has 18 heavy (non-hydrogen) atoms. The number of nitrogens with zero attached hydrogens (tertiary/aromatic N) is 3. The van der Waals surface area contributed by atoms with Crippen LogP contribution < -0.4 is 9.47 Å². The lowest BCUT2D eigenvalue weighted by Gasteiger charge is -2.10. The van der Waals surface area contributed by atoms with Crippen LogP contribution in [0.3, 0.4) is 0 Å². The molecule has 0 saturated carbocycles. The number of carboxylic acid groups (broad SMARTS) is 1. The van der Waals surface area contributed by atoms with Gasteiger partial charge in [0.2, 0.25) is 0 Å². The Kier molecular flexibility index (Phi) is 4.59. The van der Waals surface area contributed by atoms with Crippen molar-refractivity contribution in [3.05, 3.63) is 39.9 Å². The maximum absolute atomic E-state index is 10.8. The summed E-state index contributed by atoms with van der Waals surface area (Å²) >= 11 is 0. The van der Waals surface area contributed by atoms with Crippen LogP contribution in [0.5, 0.6) is 11.5 Å². The molecule has 0 atom stereocenters. The summed E-state index contributed by atoms with van der Waals surface area (Å²) in [5.41, 5.74) is 8.31. The highest BCUT2D eigenvalue weighted by atomic mass is 16.5. The quantitative estimate of drug-likeness (QED) is 0.374. The van der Waals surface area contributed by atoms with Gasteiger partial charge in [0, 0.05) is 10.5 Å². The average Bonchev–Trinajstić information content (AvgIpc) is 2.37. The van der Waals surface area contributed by atoms with Crippen LogP contribution in [0.25, 0.3) is 16.5 Å².